The lowest BCUT2D eigenvalue weighted by Crippen LogP contribution is -2.34. The second kappa shape index (κ2) is 11.4. The van der Waals surface area contributed by atoms with Crippen LogP contribution < -0.4 is 0 Å². The third kappa shape index (κ3) is 7.29. The van der Waals surface area contributed by atoms with Crippen molar-refractivity contribution in [1.82, 2.24) is 4.90 Å². The molecule has 0 N–H and O–H groups in total. The molecule has 0 atom stereocenters. The summed E-state index contributed by atoms with van der Waals surface area (Å²) in [7, 11) is 1.35. The fourth-order valence-corrected chi connectivity index (χ4v) is 3.36. The number of benzene rings is 1. The summed E-state index contributed by atoms with van der Waals surface area (Å²) in [5.74, 6) is -0.442. The van der Waals surface area contributed by atoms with Gasteiger partial charge in [-0.1, -0.05) is 41.5 Å². The van der Waals surface area contributed by atoms with Crippen molar-refractivity contribution in [3.05, 3.63) is 47.0 Å². The van der Waals surface area contributed by atoms with Crippen LogP contribution in [0.15, 0.2) is 35.9 Å². The number of amides is 1. The summed E-state index contributed by atoms with van der Waals surface area (Å²) in [5, 5.41) is 0. The molecule has 1 aliphatic rings. The van der Waals surface area contributed by atoms with E-state index < -0.39 is 0 Å². The summed E-state index contributed by atoms with van der Waals surface area (Å²) < 4.78 is 4.70. The number of esters is 1. The maximum absolute atomic E-state index is 12.7. The first-order valence-electron chi connectivity index (χ1n) is 10.1. The first-order chi connectivity index (χ1) is 13.5. The number of carbonyl (C=O) groups is 3. The van der Waals surface area contributed by atoms with Gasteiger partial charge in [0.25, 0.3) is 0 Å². The maximum atomic E-state index is 12.7. The van der Waals surface area contributed by atoms with Crippen LogP contribution in [0, 0.1) is 6.92 Å². The Kier molecular flexibility index (Phi) is 8.92. The average molecular weight is 386 g/mol. The molecule has 28 heavy (non-hydrogen) atoms. The molecule has 0 radical (unpaired) electrons. The molecular weight excluding hydrogens is 354 g/mol. The molecule has 0 unspecified atom stereocenters. The van der Waals surface area contributed by atoms with Gasteiger partial charge in [0.1, 0.15) is 0 Å². The lowest BCUT2D eigenvalue weighted by atomic mass is 9.97. The van der Waals surface area contributed by atoms with Crippen molar-refractivity contribution >= 4 is 17.7 Å². The Morgan fingerprint density at radius 3 is 2.39 bits per heavy atom. The van der Waals surface area contributed by atoms with Crippen molar-refractivity contribution in [2.45, 2.75) is 58.3 Å². The van der Waals surface area contributed by atoms with Gasteiger partial charge in [0.15, 0.2) is 5.78 Å². The molecule has 1 aromatic carbocycles. The van der Waals surface area contributed by atoms with Gasteiger partial charge in [-0.15, -0.1) is 0 Å². The number of hydrogen-bond donors (Lipinski definition) is 0. The predicted molar refractivity (Wildman–Crippen MR) is 109 cm³/mol. The van der Waals surface area contributed by atoms with Gasteiger partial charge in [-0.05, 0) is 39.0 Å². The number of Topliss-reactive ketones (excluding diaryl/α,β-unsaturated/α-hetero) is 1. The van der Waals surface area contributed by atoms with Crippen molar-refractivity contribution in [1.29, 1.82) is 0 Å². The molecule has 0 fully saturated rings. The van der Waals surface area contributed by atoms with Crippen molar-refractivity contribution in [3.8, 4) is 0 Å². The van der Waals surface area contributed by atoms with Crippen LogP contribution in [0.3, 0.4) is 0 Å². The quantitative estimate of drug-likeness (QED) is 0.343. The first-order valence-corrected chi connectivity index (χ1v) is 10.1. The van der Waals surface area contributed by atoms with E-state index in [0.717, 1.165) is 24.8 Å². The molecule has 0 aromatic heterocycles. The molecule has 1 aromatic rings. The number of nitrogens with zero attached hydrogens (tertiary/aromatic N) is 1. The highest BCUT2D eigenvalue weighted by Crippen LogP contribution is 2.20. The van der Waals surface area contributed by atoms with E-state index in [-0.39, 0.29) is 36.9 Å². The molecule has 2 rings (SSSR count). The van der Waals surface area contributed by atoms with Crippen LogP contribution in [0.4, 0.5) is 0 Å². The van der Waals surface area contributed by atoms with Gasteiger partial charge in [-0.25, -0.2) is 0 Å². The van der Waals surface area contributed by atoms with Gasteiger partial charge >= 0.3 is 5.97 Å². The average Bonchev–Trinajstić information content (AvgIpc) is 2.72. The third-order valence-electron chi connectivity index (χ3n) is 5.19. The molecule has 5 nitrogen and oxygen atoms in total. The second-order valence-corrected chi connectivity index (χ2v) is 7.35. The molecule has 0 spiro atoms. The minimum Gasteiger partial charge on any atom is -0.469 e. The normalized spacial score (nSPS) is 13.6. The highest BCUT2D eigenvalue weighted by atomic mass is 16.5. The molecule has 0 aliphatic heterocycles. The summed E-state index contributed by atoms with van der Waals surface area (Å²) in [5.41, 5.74) is 3.11. The zero-order valence-corrected chi connectivity index (χ0v) is 17.0. The molecule has 1 amide bonds. The number of hydrogen-bond acceptors (Lipinski definition) is 4. The van der Waals surface area contributed by atoms with Gasteiger partial charge in [-0.3, -0.25) is 14.4 Å². The number of allylic oxidation sites excluding steroid dienone is 1. The molecule has 1 aliphatic carbocycles. The van der Waals surface area contributed by atoms with Crippen LogP contribution in [0.25, 0.3) is 0 Å². The lowest BCUT2D eigenvalue weighted by Gasteiger charge is -2.24. The zero-order valence-electron chi connectivity index (χ0n) is 17.0. The Balaban J connectivity index is 1.90. The summed E-state index contributed by atoms with van der Waals surface area (Å²) in [6.45, 7) is 2.89. The number of ketones is 1. The smallest absolute Gasteiger partial charge is 0.307 e. The summed E-state index contributed by atoms with van der Waals surface area (Å²) in [6.07, 6.45) is 8.25. The van der Waals surface area contributed by atoms with Gasteiger partial charge in [0, 0.05) is 31.5 Å². The Bertz CT molecular complexity index is 706. The summed E-state index contributed by atoms with van der Waals surface area (Å²) in [4.78, 5) is 38.3. The van der Waals surface area contributed by atoms with Crippen molar-refractivity contribution in [3.63, 3.8) is 0 Å². The van der Waals surface area contributed by atoms with E-state index in [1.807, 2.05) is 19.1 Å². The van der Waals surface area contributed by atoms with E-state index in [9.17, 15) is 14.4 Å². The summed E-state index contributed by atoms with van der Waals surface area (Å²) >= 11 is 0. The zero-order chi connectivity index (χ0) is 20.4. The van der Waals surface area contributed by atoms with Crippen LogP contribution in [-0.4, -0.2) is 42.8 Å². The fraction of sp³-hybridized carbons (Fsp3) is 0.522. The topological polar surface area (TPSA) is 63.7 Å². The van der Waals surface area contributed by atoms with Gasteiger partial charge in [0.2, 0.25) is 5.91 Å². The molecule has 0 bridgehead atoms. The number of methoxy groups -OCH3 is 1. The highest BCUT2D eigenvalue weighted by Gasteiger charge is 2.18. The molecule has 152 valence electrons. The monoisotopic (exact) mass is 385 g/mol. The first kappa shape index (κ1) is 21.9. The Labute approximate surface area is 167 Å². The van der Waals surface area contributed by atoms with Crippen LogP contribution >= 0.6 is 0 Å². The Morgan fingerprint density at radius 1 is 1.00 bits per heavy atom. The highest BCUT2D eigenvalue weighted by molar-refractivity contribution is 5.98. The largest absolute Gasteiger partial charge is 0.469 e. The van der Waals surface area contributed by atoms with Crippen molar-refractivity contribution in [2.75, 3.05) is 20.2 Å². The van der Waals surface area contributed by atoms with Crippen LogP contribution in [0.5, 0.6) is 0 Å². The number of ether oxygens (including phenoxy) is 1. The van der Waals surface area contributed by atoms with Gasteiger partial charge in [0.05, 0.1) is 13.5 Å². The van der Waals surface area contributed by atoms with Gasteiger partial charge < -0.3 is 9.64 Å². The lowest BCUT2D eigenvalue weighted by molar-refractivity contribution is -0.141. The maximum Gasteiger partial charge on any atom is 0.307 e. The minimum atomic E-state index is -0.328. The van der Waals surface area contributed by atoms with E-state index in [4.69, 9.17) is 4.74 Å². The van der Waals surface area contributed by atoms with Crippen molar-refractivity contribution < 1.29 is 19.1 Å². The summed E-state index contributed by atoms with van der Waals surface area (Å²) in [6, 6.07) is 7.39. The molecular formula is C23H31NO4. The molecule has 5 heteroatoms. The number of carbonyl (C=O) groups excluding carboxylic acids is 3. The van der Waals surface area contributed by atoms with Gasteiger partial charge in [-0.2, -0.15) is 0 Å². The van der Waals surface area contributed by atoms with E-state index in [1.54, 1.807) is 17.0 Å². The molecule has 0 saturated carbocycles. The van der Waals surface area contributed by atoms with E-state index in [0.29, 0.717) is 18.7 Å². The SMILES string of the molecule is COC(=O)CCN(CCC1=CCCCC1)C(=O)CCC(=O)c1ccc(C)cc1. The van der Waals surface area contributed by atoms with Crippen LogP contribution in [0.1, 0.15) is 67.3 Å². The van der Waals surface area contributed by atoms with E-state index in [1.165, 1.54) is 25.5 Å². The molecule has 0 heterocycles. The van der Waals surface area contributed by atoms with E-state index >= 15 is 0 Å². The van der Waals surface area contributed by atoms with E-state index in [2.05, 4.69) is 6.08 Å². The number of aryl methyl sites for hydroxylation is 1. The fourth-order valence-electron chi connectivity index (χ4n) is 3.36. The molecule has 0 saturated heterocycles. The Hall–Kier alpha value is -2.43. The second-order valence-electron chi connectivity index (χ2n) is 7.35. The standard InChI is InChI=1S/C23H31NO4/c1-18-8-10-20(11-9-18)21(25)12-13-22(26)24(17-15-23(27)28-2)16-14-19-6-4-3-5-7-19/h6,8-11H,3-5,7,12-17H2,1-2H3. The Morgan fingerprint density at radius 2 is 1.75 bits per heavy atom. The minimum absolute atomic E-state index is 0.0312. The number of rotatable bonds is 10. The van der Waals surface area contributed by atoms with Crippen molar-refractivity contribution in [2.24, 2.45) is 0 Å². The third-order valence-corrected chi connectivity index (χ3v) is 5.19. The van der Waals surface area contributed by atoms with Crippen LogP contribution in [0.2, 0.25) is 0 Å². The van der Waals surface area contributed by atoms with Crippen LogP contribution in [-0.2, 0) is 14.3 Å². The predicted octanol–water partition coefficient (Wildman–Crippen LogP) is 4.24.